The molecule has 1 aromatic carbocycles. The predicted molar refractivity (Wildman–Crippen MR) is 52.7 cm³/mol. The minimum Gasteiger partial charge on any atom is -0.386 e. The molecule has 0 bridgehead atoms. The Morgan fingerprint density at radius 1 is 1.43 bits per heavy atom. The van der Waals surface area contributed by atoms with Crippen molar-refractivity contribution < 1.29 is 10.0 Å². The highest BCUT2D eigenvalue weighted by Gasteiger charge is 2.20. The van der Waals surface area contributed by atoms with E-state index in [0.29, 0.717) is 0 Å². The maximum Gasteiger partial charge on any atom is 0.230 e. The monoisotopic (exact) mass is 195 g/mol. The molecular weight excluding hydrogens is 182 g/mol. The summed E-state index contributed by atoms with van der Waals surface area (Å²) in [5, 5.41) is 19.7. The average molecular weight is 195 g/mol. The molecule has 0 fully saturated rings. The van der Waals surface area contributed by atoms with Crippen LogP contribution in [0.3, 0.4) is 0 Å². The summed E-state index contributed by atoms with van der Waals surface area (Å²) < 4.78 is 0. The molecule has 0 unspecified atom stereocenters. The minimum absolute atomic E-state index is 0.207. The van der Waals surface area contributed by atoms with E-state index in [0.717, 1.165) is 5.56 Å². The van der Waals surface area contributed by atoms with Gasteiger partial charge in [-0.25, -0.2) is 0 Å². The molecule has 0 aliphatic carbocycles. The molecule has 0 saturated carbocycles. The van der Waals surface area contributed by atoms with Gasteiger partial charge >= 0.3 is 0 Å². The van der Waals surface area contributed by atoms with Crippen LogP contribution in [0.25, 0.3) is 0 Å². The lowest BCUT2D eigenvalue weighted by molar-refractivity contribution is -0.491. The molecule has 0 spiro atoms. The Balaban J connectivity index is 2.65. The summed E-state index contributed by atoms with van der Waals surface area (Å²) in [6.45, 7) is 1.37. The van der Waals surface area contributed by atoms with Crippen LogP contribution in [0.1, 0.15) is 18.4 Å². The van der Waals surface area contributed by atoms with Gasteiger partial charge in [-0.1, -0.05) is 37.3 Å². The summed E-state index contributed by atoms with van der Waals surface area (Å²) in [4.78, 5) is 9.70. The van der Waals surface area contributed by atoms with Crippen molar-refractivity contribution in [1.82, 2.24) is 0 Å². The second-order valence-electron chi connectivity index (χ2n) is 3.28. The van der Waals surface area contributed by atoms with Gasteiger partial charge in [0.25, 0.3) is 0 Å². The SMILES string of the molecule is C[C@@H](c1ccccc1)[C@@H](O)C[N+](=O)[O-]. The maximum absolute atomic E-state index is 10.2. The van der Waals surface area contributed by atoms with E-state index < -0.39 is 17.6 Å². The molecule has 4 nitrogen and oxygen atoms in total. The third-order valence-corrected chi connectivity index (χ3v) is 2.24. The Hall–Kier alpha value is -1.42. The predicted octanol–water partition coefficient (Wildman–Crippen LogP) is 1.43. The van der Waals surface area contributed by atoms with Crippen LogP contribution in [-0.2, 0) is 0 Å². The van der Waals surface area contributed by atoms with Crippen LogP contribution in [0, 0.1) is 10.1 Å². The lowest BCUT2D eigenvalue weighted by Gasteiger charge is -2.15. The highest BCUT2D eigenvalue weighted by Crippen LogP contribution is 2.18. The third-order valence-electron chi connectivity index (χ3n) is 2.24. The Bertz CT molecular complexity index is 299. The zero-order chi connectivity index (χ0) is 10.6. The summed E-state index contributed by atoms with van der Waals surface area (Å²) in [7, 11) is 0. The summed E-state index contributed by atoms with van der Waals surface area (Å²) in [6, 6.07) is 9.28. The van der Waals surface area contributed by atoms with E-state index >= 15 is 0 Å². The highest BCUT2D eigenvalue weighted by molar-refractivity contribution is 5.19. The maximum atomic E-state index is 10.2. The van der Waals surface area contributed by atoms with Gasteiger partial charge in [-0.05, 0) is 5.56 Å². The molecule has 1 aromatic rings. The number of nitrogens with zero attached hydrogens (tertiary/aromatic N) is 1. The largest absolute Gasteiger partial charge is 0.386 e. The summed E-state index contributed by atoms with van der Waals surface area (Å²) in [6.07, 6.45) is -0.924. The molecule has 0 amide bonds. The van der Waals surface area contributed by atoms with Gasteiger partial charge in [0.2, 0.25) is 6.54 Å². The van der Waals surface area contributed by atoms with Crippen LogP contribution in [-0.4, -0.2) is 22.7 Å². The first-order chi connectivity index (χ1) is 6.61. The summed E-state index contributed by atoms with van der Waals surface area (Å²) >= 11 is 0. The van der Waals surface area contributed by atoms with E-state index in [4.69, 9.17) is 0 Å². The van der Waals surface area contributed by atoms with Gasteiger partial charge in [-0.2, -0.15) is 0 Å². The van der Waals surface area contributed by atoms with Gasteiger partial charge < -0.3 is 5.11 Å². The normalized spacial score (nSPS) is 14.7. The van der Waals surface area contributed by atoms with Gasteiger partial charge in [0.15, 0.2) is 0 Å². The first-order valence-electron chi connectivity index (χ1n) is 4.46. The number of benzene rings is 1. The molecule has 0 heterocycles. The van der Waals surface area contributed by atoms with Gasteiger partial charge in [0, 0.05) is 10.8 Å². The number of aliphatic hydroxyl groups is 1. The number of hydrogen-bond acceptors (Lipinski definition) is 3. The summed E-state index contributed by atoms with van der Waals surface area (Å²) in [5.74, 6) is -0.207. The molecule has 1 N–H and O–H groups in total. The van der Waals surface area contributed by atoms with E-state index in [-0.39, 0.29) is 5.92 Å². The molecule has 0 radical (unpaired) electrons. The van der Waals surface area contributed by atoms with Crippen LogP contribution in [0.15, 0.2) is 30.3 Å². The molecular formula is C10H13NO3. The molecule has 0 aliphatic heterocycles. The minimum atomic E-state index is -0.924. The highest BCUT2D eigenvalue weighted by atomic mass is 16.6. The van der Waals surface area contributed by atoms with Crippen molar-refractivity contribution in [3.63, 3.8) is 0 Å². The molecule has 76 valence electrons. The van der Waals surface area contributed by atoms with Crippen molar-refractivity contribution >= 4 is 0 Å². The van der Waals surface area contributed by atoms with Gasteiger partial charge in [-0.3, -0.25) is 10.1 Å². The van der Waals surface area contributed by atoms with Crippen LogP contribution in [0.2, 0.25) is 0 Å². The van der Waals surface area contributed by atoms with Crippen molar-refractivity contribution in [2.45, 2.75) is 18.9 Å². The fraction of sp³-hybridized carbons (Fsp3) is 0.400. The van der Waals surface area contributed by atoms with Gasteiger partial charge in [-0.15, -0.1) is 0 Å². The Labute approximate surface area is 82.3 Å². The first-order valence-corrected chi connectivity index (χ1v) is 4.46. The molecule has 14 heavy (non-hydrogen) atoms. The van der Waals surface area contributed by atoms with Crippen LogP contribution in [0.5, 0.6) is 0 Å². The van der Waals surface area contributed by atoms with Crippen LogP contribution < -0.4 is 0 Å². The van der Waals surface area contributed by atoms with E-state index in [9.17, 15) is 15.2 Å². The molecule has 2 atom stereocenters. The Kier molecular flexibility index (Phi) is 3.59. The zero-order valence-corrected chi connectivity index (χ0v) is 7.96. The average Bonchev–Trinajstić information content (AvgIpc) is 2.17. The Morgan fingerprint density at radius 2 is 2.00 bits per heavy atom. The van der Waals surface area contributed by atoms with Crippen molar-refractivity contribution in [2.24, 2.45) is 0 Å². The topological polar surface area (TPSA) is 63.4 Å². The fourth-order valence-electron chi connectivity index (χ4n) is 1.29. The lowest BCUT2D eigenvalue weighted by atomic mass is 9.95. The van der Waals surface area contributed by atoms with Crippen LogP contribution in [0.4, 0.5) is 0 Å². The van der Waals surface area contributed by atoms with Gasteiger partial charge in [0.1, 0.15) is 6.10 Å². The summed E-state index contributed by atoms with van der Waals surface area (Å²) in [5.41, 5.74) is 0.918. The van der Waals surface area contributed by atoms with Crippen LogP contribution >= 0.6 is 0 Å². The van der Waals surface area contributed by atoms with E-state index in [1.54, 1.807) is 6.92 Å². The van der Waals surface area contributed by atoms with Gasteiger partial charge in [0.05, 0.1) is 0 Å². The Morgan fingerprint density at radius 3 is 2.50 bits per heavy atom. The third kappa shape index (κ3) is 2.81. The smallest absolute Gasteiger partial charge is 0.230 e. The molecule has 0 aromatic heterocycles. The second-order valence-corrected chi connectivity index (χ2v) is 3.28. The second kappa shape index (κ2) is 4.72. The zero-order valence-electron chi connectivity index (χ0n) is 7.96. The van der Waals surface area contributed by atoms with Crippen molar-refractivity contribution in [2.75, 3.05) is 6.54 Å². The number of nitro groups is 1. The van der Waals surface area contributed by atoms with Crippen molar-refractivity contribution in [3.8, 4) is 0 Å². The van der Waals surface area contributed by atoms with E-state index in [1.165, 1.54) is 0 Å². The van der Waals surface area contributed by atoms with Crippen molar-refractivity contribution in [3.05, 3.63) is 46.0 Å². The number of aliphatic hydroxyl groups excluding tert-OH is 1. The molecule has 0 saturated heterocycles. The number of hydrogen-bond donors (Lipinski definition) is 1. The molecule has 4 heteroatoms. The molecule has 1 rings (SSSR count). The first kappa shape index (κ1) is 10.7. The standard InChI is InChI=1S/C10H13NO3/c1-8(10(12)7-11(13)14)9-5-3-2-4-6-9/h2-6,8,10,12H,7H2,1H3/t8-,10-/m0/s1. The lowest BCUT2D eigenvalue weighted by Crippen LogP contribution is -2.25. The quantitative estimate of drug-likeness (QED) is 0.583. The molecule has 0 aliphatic rings. The number of rotatable bonds is 4. The van der Waals surface area contributed by atoms with E-state index in [2.05, 4.69) is 0 Å². The van der Waals surface area contributed by atoms with E-state index in [1.807, 2.05) is 30.3 Å². The van der Waals surface area contributed by atoms with Crippen molar-refractivity contribution in [1.29, 1.82) is 0 Å². The fourth-order valence-corrected chi connectivity index (χ4v) is 1.29.